The molecule has 3 nitrogen and oxygen atoms in total. The number of hydrogen-bond acceptors (Lipinski definition) is 3. The maximum atomic E-state index is 7.17. The highest BCUT2D eigenvalue weighted by atomic mass is 16.5. The maximum absolute atomic E-state index is 7.17. The van der Waals surface area contributed by atoms with Gasteiger partial charge in [0.05, 0.1) is 8.41 Å². The lowest BCUT2D eigenvalue weighted by molar-refractivity contribution is 0.278. The first kappa shape index (κ1) is 8.89. The quantitative estimate of drug-likeness (QED) is 0.270. The molecule has 0 aromatic rings. The van der Waals surface area contributed by atoms with Crippen molar-refractivity contribution < 1.29 is 16.5 Å². The normalized spacial score (nSPS) is 5.40. The van der Waals surface area contributed by atoms with E-state index < -0.39 is 7.32 Å². The van der Waals surface area contributed by atoms with Crippen LogP contribution in [0.4, 0.5) is 0 Å². The minimum atomic E-state index is -2.17. The molecule has 0 radical (unpaired) electrons. The van der Waals surface area contributed by atoms with Crippen molar-refractivity contribution in [3.8, 4) is 0 Å². The van der Waals surface area contributed by atoms with E-state index in [2.05, 4.69) is 0 Å². The molecule has 0 heterocycles. The Labute approximate surface area is 33.5 Å². The van der Waals surface area contributed by atoms with Crippen LogP contribution in [0, 0.1) is 0 Å². The Hall–Kier alpha value is 0.00987. The Morgan fingerprint density at radius 2 is 1.20 bits per heavy atom. The van der Waals surface area contributed by atoms with Crippen molar-refractivity contribution in [1.82, 2.24) is 0 Å². The molecule has 0 aromatic carbocycles. The van der Waals surface area contributed by atoms with Crippen molar-refractivity contribution in [3.05, 3.63) is 0 Å². The summed E-state index contributed by atoms with van der Waals surface area (Å²) in [6.07, 6.45) is 0. The molecular formula is H8B2O3. The van der Waals surface area contributed by atoms with Crippen molar-refractivity contribution in [2.75, 3.05) is 0 Å². The SMILES string of the molecule is B.OB(O)O.[HH]. The molecule has 0 atom stereocenters. The Kier molecular flexibility index (Phi) is 7.13. The lowest BCUT2D eigenvalue weighted by Gasteiger charge is -1.69. The van der Waals surface area contributed by atoms with E-state index in [1.54, 1.807) is 0 Å². The van der Waals surface area contributed by atoms with Gasteiger partial charge in [0.15, 0.2) is 0 Å². The zero-order valence-corrected chi connectivity index (χ0v) is 1.92. The Morgan fingerprint density at radius 1 is 1.20 bits per heavy atom. The second-order valence-electron chi connectivity index (χ2n) is 0.346. The second kappa shape index (κ2) is 4.01. The lowest BCUT2D eigenvalue weighted by Crippen LogP contribution is -2.07. The molecule has 0 amide bonds. The van der Waals surface area contributed by atoms with E-state index in [0.29, 0.717) is 0 Å². The Balaban J connectivity index is -0.0000000450. The van der Waals surface area contributed by atoms with Crippen LogP contribution in [0.2, 0.25) is 0 Å². The largest absolute Gasteiger partial charge is 0.631 e. The van der Waals surface area contributed by atoms with E-state index in [1.165, 1.54) is 0 Å². The van der Waals surface area contributed by atoms with Crippen LogP contribution in [0.5, 0.6) is 0 Å². The van der Waals surface area contributed by atoms with Crippen LogP contribution in [0.15, 0.2) is 0 Å². The van der Waals surface area contributed by atoms with E-state index in [-0.39, 0.29) is 9.84 Å². The molecule has 32 valence electrons. The van der Waals surface area contributed by atoms with Crippen LogP contribution in [-0.4, -0.2) is 30.8 Å². The van der Waals surface area contributed by atoms with E-state index in [4.69, 9.17) is 15.1 Å². The molecule has 3 N–H and O–H groups in total. The first-order chi connectivity index (χ1) is 1.73. The molecule has 0 fully saturated rings. The van der Waals surface area contributed by atoms with E-state index in [9.17, 15) is 0 Å². The third-order valence-corrected chi connectivity index (χ3v) is 0. The van der Waals surface area contributed by atoms with Gasteiger partial charge in [0.2, 0.25) is 0 Å². The summed E-state index contributed by atoms with van der Waals surface area (Å²) in [6.45, 7) is 0. The maximum Gasteiger partial charge on any atom is 0.631 e. The molecule has 0 saturated heterocycles. The van der Waals surface area contributed by atoms with Crippen molar-refractivity contribution in [3.63, 3.8) is 0 Å². The third-order valence-electron chi connectivity index (χ3n) is 0. The summed E-state index contributed by atoms with van der Waals surface area (Å²) in [6, 6.07) is 0. The monoisotopic (exact) mass is 78.1 g/mol. The molecule has 0 spiro atoms. The molecule has 0 saturated carbocycles. The fourth-order valence-corrected chi connectivity index (χ4v) is 0. The van der Waals surface area contributed by atoms with Gasteiger partial charge < -0.3 is 15.1 Å². The zero-order chi connectivity index (χ0) is 3.58. The van der Waals surface area contributed by atoms with Gasteiger partial charge >= 0.3 is 7.32 Å². The molecule has 0 bridgehead atoms. The average molecular weight is 77.7 g/mol. The van der Waals surface area contributed by atoms with E-state index >= 15 is 0 Å². The fourth-order valence-electron chi connectivity index (χ4n) is 0. The number of rotatable bonds is 0. The van der Waals surface area contributed by atoms with Crippen molar-refractivity contribution >= 4 is 15.7 Å². The molecule has 5 heteroatoms. The first-order valence-electron chi connectivity index (χ1n) is 0.775. The molecule has 0 aliphatic heterocycles. The highest BCUT2D eigenvalue weighted by Crippen LogP contribution is 1.40. The summed E-state index contributed by atoms with van der Waals surface area (Å²) in [5, 5.41) is 21.5. The van der Waals surface area contributed by atoms with Gasteiger partial charge in [-0.05, 0) is 0 Å². The molecule has 0 aliphatic rings. The summed E-state index contributed by atoms with van der Waals surface area (Å²) in [5.74, 6) is 0. The van der Waals surface area contributed by atoms with Crippen LogP contribution in [0.1, 0.15) is 1.43 Å². The highest BCUT2D eigenvalue weighted by Gasteiger charge is 1.92. The van der Waals surface area contributed by atoms with Gasteiger partial charge in [0.25, 0.3) is 0 Å². The van der Waals surface area contributed by atoms with Crippen LogP contribution < -0.4 is 0 Å². The van der Waals surface area contributed by atoms with Crippen LogP contribution >= 0.6 is 0 Å². The van der Waals surface area contributed by atoms with Crippen molar-refractivity contribution in [2.24, 2.45) is 0 Å². The van der Waals surface area contributed by atoms with Crippen LogP contribution in [0.25, 0.3) is 0 Å². The minimum Gasteiger partial charge on any atom is -0.402 e. The third kappa shape index (κ3) is 166000. The predicted molar refractivity (Wildman–Crippen MR) is 24.5 cm³/mol. The number of hydrogen-bond donors (Lipinski definition) is 3. The van der Waals surface area contributed by atoms with Crippen molar-refractivity contribution in [1.29, 1.82) is 0 Å². The molecule has 0 rings (SSSR count). The highest BCUT2D eigenvalue weighted by molar-refractivity contribution is 6.30. The summed E-state index contributed by atoms with van der Waals surface area (Å²) in [7, 11) is -2.17. The van der Waals surface area contributed by atoms with Crippen molar-refractivity contribution in [2.45, 2.75) is 0 Å². The molecule has 5 heavy (non-hydrogen) atoms. The zero-order valence-electron chi connectivity index (χ0n) is 1.92. The minimum absolute atomic E-state index is 0. The van der Waals surface area contributed by atoms with Gasteiger partial charge in [-0.3, -0.25) is 0 Å². The van der Waals surface area contributed by atoms with Gasteiger partial charge in [-0.15, -0.1) is 0 Å². The molecular weight excluding hydrogens is 69.6 g/mol. The van der Waals surface area contributed by atoms with Gasteiger partial charge in [0.1, 0.15) is 0 Å². The van der Waals surface area contributed by atoms with E-state index in [0.717, 1.165) is 0 Å². The summed E-state index contributed by atoms with van der Waals surface area (Å²) >= 11 is 0. The first-order valence-corrected chi connectivity index (χ1v) is 0.775. The summed E-state index contributed by atoms with van der Waals surface area (Å²) in [5.41, 5.74) is 0. The van der Waals surface area contributed by atoms with Crippen LogP contribution in [-0.2, 0) is 0 Å². The van der Waals surface area contributed by atoms with Gasteiger partial charge in [0, 0.05) is 1.43 Å². The standard InChI is InChI=1S/BH3O3.BH3.H2/c2-1(3)4;;/h2-4H;1H3;1H. The smallest absolute Gasteiger partial charge is 0.402 e. The molecule has 0 aromatic heterocycles. The Morgan fingerprint density at radius 3 is 1.20 bits per heavy atom. The van der Waals surface area contributed by atoms with Gasteiger partial charge in [-0.1, -0.05) is 0 Å². The topological polar surface area (TPSA) is 60.7 Å². The van der Waals surface area contributed by atoms with E-state index in [1.807, 2.05) is 0 Å². The van der Waals surface area contributed by atoms with Gasteiger partial charge in [-0.2, -0.15) is 0 Å². The Bertz CT molecular complexity index is 13.5. The fraction of sp³-hybridized carbons (Fsp3) is 0. The summed E-state index contributed by atoms with van der Waals surface area (Å²) < 4.78 is 0. The second-order valence-corrected chi connectivity index (χ2v) is 0.346. The average Bonchev–Trinajstić information content (AvgIpc) is 0.811. The molecule has 0 unspecified atom stereocenters. The molecule has 0 aliphatic carbocycles. The predicted octanol–water partition coefficient (Wildman–Crippen LogP) is -2.99. The van der Waals surface area contributed by atoms with Crippen LogP contribution in [0.3, 0.4) is 0 Å². The van der Waals surface area contributed by atoms with Gasteiger partial charge in [-0.25, -0.2) is 0 Å². The summed E-state index contributed by atoms with van der Waals surface area (Å²) in [4.78, 5) is 0. The lowest BCUT2D eigenvalue weighted by atomic mass is 10.3.